The molecule has 0 fully saturated rings. The Kier molecular flexibility index (Phi) is 9.68. The first-order valence-electron chi connectivity index (χ1n) is 10.2. The lowest BCUT2D eigenvalue weighted by molar-refractivity contribution is -0.136. The second-order valence-electron chi connectivity index (χ2n) is 7.11. The molecule has 0 aromatic heterocycles. The van der Waals surface area contributed by atoms with Gasteiger partial charge in [0.25, 0.3) is 5.91 Å². The van der Waals surface area contributed by atoms with Crippen LogP contribution in [0.3, 0.4) is 0 Å². The Balaban J connectivity index is 1.49. The maximum atomic E-state index is 12.4. The number of carboxylic acid groups (broad SMARTS) is 1. The van der Waals surface area contributed by atoms with E-state index < -0.39 is 17.3 Å². The minimum atomic E-state index is -1.05. The zero-order valence-corrected chi connectivity index (χ0v) is 21.0. The van der Waals surface area contributed by atoms with Crippen molar-refractivity contribution in [3.05, 3.63) is 87.4 Å². The number of hydrogen-bond donors (Lipinski definition) is 3. The number of benzene rings is 3. The van der Waals surface area contributed by atoms with Gasteiger partial charge in [0.2, 0.25) is 0 Å². The molecule has 0 radical (unpaired) electrons. The Morgan fingerprint density at radius 2 is 1.51 bits per heavy atom. The molecule has 11 heteroatoms. The molecule has 0 heterocycles. The van der Waals surface area contributed by atoms with Gasteiger partial charge in [0.15, 0.2) is 0 Å². The summed E-state index contributed by atoms with van der Waals surface area (Å²) in [6, 6.07) is 17.8. The molecule has 35 heavy (non-hydrogen) atoms. The van der Waals surface area contributed by atoms with Crippen LogP contribution in [-0.2, 0) is 9.53 Å². The molecule has 1 unspecified atom stereocenters. The highest BCUT2D eigenvalue weighted by Gasteiger charge is 2.20. The van der Waals surface area contributed by atoms with Crippen molar-refractivity contribution in [2.45, 2.75) is 16.6 Å². The lowest BCUT2D eigenvalue weighted by Gasteiger charge is -2.13. The van der Waals surface area contributed by atoms with Gasteiger partial charge in [-0.1, -0.05) is 34.8 Å². The number of nitrogens with one attached hydrogen (secondary N) is 2. The smallest absolute Gasteiger partial charge is 0.411 e. The van der Waals surface area contributed by atoms with Gasteiger partial charge in [0.05, 0.1) is 16.7 Å². The van der Waals surface area contributed by atoms with Gasteiger partial charge in [-0.3, -0.25) is 14.9 Å². The lowest BCUT2D eigenvalue weighted by Crippen LogP contribution is -2.21. The number of carbonyl (C=O) groups is 3. The number of amides is 2. The third kappa shape index (κ3) is 8.36. The van der Waals surface area contributed by atoms with E-state index in [4.69, 9.17) is 39.5 Å². The van der Waals surface area contributed by atoms with Crippen LogP contribution >= 0.6 is 46.6 Å². The summed E-state index contributed by atoms with van der Waals surface area (Å²) in [5.41, 5.74) is 1.42. The number of ether oxygens (including phenoxy) is 1. The van der Waals surface area contributed by atoms with Crippen molar-refractivity contribution in [2.75, 3.05) is 17.2 Å². The molecule has 1 atom stereocenters. The summed E-state index contributed by atoms with van der Waals surface area (Å²) >= 11 is 18.7. The molecule has 3 rings (SSSR count). The first-order chi connectivity index (χ1) is 16.7. The predicted molar refractivity (Wildman–Crippen MR) is 139 cm³/mol. The van der Waals surface area contributed by atoms with E-state index in [0.717, 1.165) is 11.8 Å². The number of carbonyl (C=O) groups excluding carboxylic acids is 2. The van der Waals surface area contributed by atoms with Crippen molar-refractivity contribution in [1.82, 2.24) is 0 Å². The van der Waals surface area contributed by atoms with E-state index in [1.54, 1.807) is 54.6 Å². The zero-order valence-electron chi connectivity index (χ0n) is 18.0. The van der Waals surface area contributed by atoms with Gasteiger partial charge in [-0.25, -0.2) is 4.79 Å². The molecule has 0 saturated carbocycles. The second-order valence-corrected chi connectivity index (χ2v) is 9.64. The van der Waals surface area contributed by atoms with Crippen molar-refractivity contribution in [3.63, 3.8) is 0 Å². The van der Waals surface area contributed by atoms with E-state index in [2.05, 4.69) is 10.6 Å². The summed E-state index contributed by atoms with van der Waals surface area (Å²) < 4.78 is 5.08. The Morgan fingerprint density at radius 1 is 0.857 bits per heavy atom. The van der Waals surface area contributed by atoms with Crippen molar-refractivity contribution in [1.29, 1.82) is 0 Å². The van der Waals surface area contributed by atoms with Gasteiger partial charge in [-0.05, 0) is 66.7 Å². The lowest BCUT2D eigenvalue weighted by atomic mass is 10.2. The third-order valence-corrected chi connectivity index (χ3v) is 6.81. The minimum absolute atomic E-state index is 0.0770. The van der Waals surface area contributed by atoms with Gasteiger partial charge < -0.3 is 15.2 Å². The first kappa shape index (κ1) is 26.7. The quantitative estimate of drug-likeness (QED) is 0.245. The molecule has 0 spiro atoms. The molecule has 2 amide bonds. The summed E-state index contributed by atoms with van der Waals surface area (Å²) in [5, 5.41) is 15.1. The van der Waals surface area contributed by atoms with Crippen LogP contribution in [0.4, 0.5) is 16.2 Å². The van der Waals surface area contributed by atoms with Crippen LogP contribution < -0.4 is 10.6 Å². The summed E-state index contributed by atoms with van der Waals surface area (Å²) in [6.45, 7) is -0.112. The van der Waals surface area contributed by atoms with Crippen LogP contribution in [0.25, 0.3) is 0 Å². The number of anilines is 2. The number of rotatable bonds is 9. The molecule has 0 aliphatic heterocycles. The molecule has 3 N–H and O–H groups in total. The van der Waals surface area contributed by atoms with E-state index in [0.29, 0.717) is 31.9 Å². The molecule has 0 bridgehead atoms. The molecule has 0 saturated heterocycles. The van der Waals surface area contributed by atoms with Crippen LogP contribution in [0.1, 0.15) is 16.8 Å². The molecular formula is C24H19Cl3N2O5S. The Hall–Kier alpha value is -2.91. The Morgan fingerprint density at radius 3 is 2.14 bits per heavy atom. The van der Waals surface area contributed by atoms with E-state index in [1.165, 1.54) is 12.1 Å². The van der Waals surface area contributed by atoms with Crippen molar-refractivity contribution in [3.8, 4) is 0 Å². The zero-order chi connectivity index (χ0) is 25.4. The van der Waals surface area contributed by atoms with E-state index >= 15 is 0 Å². The largest absolute Gasteiger partial charge is 0.480 e. The summed E-state index contributed by atoms with van der Waals surface area (Å²) in [6.07, 6.45) is -0.665. The molecule has 0 aliphatic rings. The number of thioether (sulfide) groups is 1. The fourth-order valence-electron chi connectivity index (χ4n) is 2.80. The highest BCUT2D eigenvalue weighted by Crippen LogP contribution is 2.27. The topological polar surface area (TPSA) is 105 Å². The van der Waals surface area contributed by atoms with Crippen molar-refractivity contribution in [2.24, 2.45) is 0 Å². The first-order valence-corrected chi connectivity index (χ1v) is 12.2. The highest BCUT2D eigenvalue weighted by molar-refractivity contribution is 8.00. The predicted octanol–water partition coefficient (Wildman–Crippen LogP) is 7.08. The fraction of sp³-hybridized carbons (Fsp3) is 0.125. The van der Waals surface area contributed by atoms with Crippen molar-refractivity contribution >= 4 is 75.9 Å². The SMILES string of the molecule is O=C(Nc1ccc(Cl)c(Cl)c1)OCCC(Sc1ccc(C(=O)Nc2ccc(Cl)cc2)cc1)C(=O)O. The van der Waals surface area contributed by atoms with Gasteiger partial charge in [-0.2, -0.15) is 0 Å². The van der Waals surface area contributed by atoms with Crippen LogP contribution in [0, 0.1) is 0 Å². The van der Waals surface area contributed by atoms with Crippen LogP contribution in [0.5, 0.6) is 0 Å². The average Bonchev–Trinajstić information content (AvgIpc) is 2.82. The molecule has 3 aromatic rings. The Labute approximate surface area is 220 Å². The standard InChI is InChI=1S/C24H19Cl3N2O5S/c25-15-3-5-16(6-4-15)28-22(30)14-1-8-18(9-2-14)35-21(23(31)32)11-12-34-24(33)29-17-7-10-19(26)20(27)13-17/h1-10,13,21H,11-12H2,(H,28,30)(H,29,33)(H,31,32). The molecule has 3 aromatic carbocycles. The molecule has 7 nitrogen and oxygen atoms in total. The van der Waals surface area contributed by atoms with Gasteiger partial charge in [0, 0.05) is 33.3 Å². The van der Waals surface area contributed by atoms with Crippen LogP contribution in [-0.4, -0.2) is 34.9 Å². The van der Waals surface area contributed by atoms with Crippen molar-refractivity contribution < 1.29 is 24.2 Å². The van der Waals surface area contributed by atoms with Crippen LogP contribution in [0.2, 0.25) is 15.1 Å². The summed E-state index contributed by atoms with van der Waals surface area (Å²) in [7, 11) is 0. The van der Waals surface area contributed by atoms with Crippen LogP contribution in [0.15, 0.2) is 71.6 Å². The molecule has 0 aliphatic carbocycles. The van der Waals surface area contributed by atoms with E-state index in [9.17, 15) is 19.5 Å². The molecule has 182 valence electrons. The van der Waals surface area contributed by atoms with Gasteiger partial charge in [0.1, 0.15) is 5.25 Å². The summed E-state index contributed by atoms with van der Waals surface area (Å²) in [5.74, 6) is -1.35. The average molecular weight is 554 g/mol. The Bertz CT molecular complexity index is 1210. The number of aliphatic carboxylic acids is 1. The summed E-state index contributed by atoms with van der Waals surface area (Å²) in [4.78, 5) is 36.7. The maximum absolute atomic E-state index is 12.4. The molecular weight excluding hydrogens is 535 g/mol. The monoisotopic (exact) mass is 552 g/mol. The maximum Gasteiger partial charge on any atom is 0.411 e. The minimum Gasteiger partial charge on any atom is -0.480 e. The van der Waals surface area contributed by atoms with Gasteiger partial charge in [-0.15, -0.1) is 11.8 Å². The second kappa shape index (κ2) is 12.7. The number of halogens is 3. The number of hydrogen-bond acceptors (Lipinski definition) is 5. The fourth-order valence-corrected chi connectivity index (χ4v) is 4.17. The van der Waals surface area contributed by atoms with E-state index in [1.807, 2.05) is 0 Å². The number of carboxylic acids is 1. The normalized spacial score (nSPS) is 11.4. The highest BCUT2D eigenvalue weighted by atomic mass is 35.5. The third-order valence-electron chi connectivity index (χ3n) is 4.55. The van der Waals surface area contributed by atoms with Gasteiger partial charge >= 0.3 is 12.1 Å². The van der Waals surface area contributed by atoms with E-state index in [-0.39, 0.29) is 24.0 Å².